The number of nitrogens with zero attached hydrogens (tertiary/aromatic N) is 3. The Balaban J connectivity index is 1.42. The van der Waals surface area contributed by atoms with Gasteiger partial charge in [-0.3, -0.25) is 14.7 Å². The third-order valence-electron chi connectivity index (χ3n) is 5.64. The molecule has 2 aromatic rings. The number of fused-ring (bicyclic) bond motifs is 1. The average molecular weight is 441 g/mol. The molecule has 1 saturated heterocycles. The summed E-state index contributed by atoms with van der Waals surface area (Å²) in [5.41, 5.74) is 1.65. The highest BCUT2D eigenvalue weighted by molar-refractivity contribution is 5.82. The summed E-state index contributed by atoms with van der Waals surface area (Å²) in [7, 11) is 1.78. The van der Waals surface area contributed by atoms with Gasteiger partial charge in [-0.2, -0.15) is 0 Å². The minimum absolute atomic E-state index is 0.0411. The summed E-state index contributed by atoms with van der Waals surface area (Å²) in [4.78, 5) is 33.1. The van der Waals surface area contributed by atoms with Crippen LogP contribution in [0.3, 0.4) is 0 Å². The van der Waals surface area contributed by atoms with Crippen molar-refractivity contribution >= 4 is 22.9 Å². The second-order valence-corrected chi connectivity index (χ2v) is 9.70. The maximum atomic E-state index is 12.5. The SMILES string of the molecule is CN(CC1CCCN(CC(=O)NCCc2cccc3cccnc23)C1)C(=O)OC(C)(C)C. The Labute approximate surface area is 191 Å². The summed E-state index contributed by atoms with van der Waals surface area (Å²) >= 11 is 0. The Bertz CT molecular complexity index is 920. The third kappa shape index (κ3) is 7.19. The van der Waals surface area contributed by atoms with Gasteiger partial charge in [0.1, 0.15) is 5.60 Å². The molecule has 0 bridgehead atoms. The molecule has 1 aliphatic heterocycles. The summed E-state index contributed by atoms with van der Waals surface area (Å²) in [6, 6.07) is 10.1. The average Bonchev–Trinajstić information content (AvgIpc) is 2.73. The second kappa shape index (κ2) is 10.8. The smallest absolute Gasteiger partial charge is 0.410 e. The molecule has 1 fully saturated rings. The number of carbonyl (C=O) groups excluding carboxylic acids is 2. The predicted molar refractivity (Wildman–Crippen MR) is 126 cm³/mol. The van der Waals surface area contributed by atoms with Crippen molar-refractivity contribution in [2.45, 2.75) is 45.6 Å². The van der Waals surface area contributed by atoms with E-state index in [0.717, 1.165) is 48.8 Å². The molecule has 0 saturated carbocycles. The molecule has 7 nitrogen and oxygen atoms in total. The molecule has 1 N–H and O–H groups in total. The van der Waals surface area contributed by atoms with E-state index in [1.54, 1.807) is 18.1 Å². The van der Waals surface area contributed by atoms with Gasteiger partial charge in [0, 0.05) is 38.3 Å². The molecule has 2 heterocycles. The topological polar surface area (TPSA) is 74.8 Å². The van der Waals surface area contributed by atoms with Crippen LogP contribution < -0.4 is 5.32 Å². The second-order valence-electron chi connectivity index (χ2n) is 9.70. The molecule has 32 heavy (non-hydrogen) atoms. The maximum Gasteiger partial charge on any atom is 0.410 e. The highest BCUT2D eigenvalue weighted by atomic mass is 16.6. The van der Waals surface area contributed by atoms with E-state index in [-0.39, 0.29) is 12.0 Å². The molecule has 2 amide bonds. The number of para-hydroxylation sites is 1. The van der Waals surface area contributed by atoms with Crippen LogP contribution in [0.2, 0.25) is 0 Å². The van der Waals surface area contributed by atoms with Gasteiger partial charge in [0.15, 0.2) is 0 Å². The molecule has 1 aromatic carbocycles. The van der Waals surface area contributed by atoms with Gasteiger partial charge in [-0.25, -0.2) is 4.79 Å². The normalized spacial score (nSPS) is 17.2. The molecule has 0 radical (unpaired) electrons. The number of piperidine rings is 1. The quantitative estimate of drug-likeness (QED) is 0.714. The van der Waals surface area contributed by atoms with Gasteiger partial charge < -0.3 is 15.0 Å². The van der Waals surface area contributed by atoms with Crippen molar-refractivity contribution in [3.63, 3.8) is 0 Å². The molecule has 0 aliphatic carbocycles. The molecule has 3 rings (SSSR count). The number of amides is 2. The van der Waals surface area contributed by atoms with Crippen molar-refractivity contribution in [1.82, 2.24) is 20.1 Å². The van der Waals surface area contributed by atoms with Gasteiger partial charge in [0.25, 0.3) is 0 Å². The van der Waals surface area contributed by atoms with Crippen molar-refractivity contribution < 1.29 is 14.3 Å². The van der Waals surface area contributed by atoms with Gasteiger partial charge in [0.2, 0.25) is 5.91 Å². The Morgan fingerprint density at radius 3 is 2.81 bits per heavy atom. The minimum atomic E-state index is -0.496. The fraction of sp³-hybridized carbons (Fsp3) is 0.560. The first-order valence-electron chi connectivity index (χ1n) is 11.5. The standard InChI is InChI=1S/C25H36N4O3/c1-25(2,3)32-24(31)28(4)16-19-8-7-15-29(17-19)18-22(30)26-14-12-21-10-5-9-20-11-6-13-27-23(20)21/h5-6,9-11,13,19H,7-8,12,14-18H2,1-4H3,(H,26,30). The van der Waals surface area contributed by atoms with Gasteiger partial charge in [-0.1, -0.05) is 24.3 Å². The largest absolute Gasteiger partial charge is 0.444 e. The number of hydrogen-bond donors (Lipinski definition) is 1. The molecule has 174 valence electrons. The summed E-state index contributed by atoms with van der Waals surface area (Å²) < 4.78 is 5.44. The van der Waals surface area contributed by atoms with Crippen molar-refractivity contribution in [3.8, 4) is 0 Å². The van der Waals surface area contributed by atoms with Crippen molar-refractivity contribution in [1.29, 1.82) is 0 Å². The minimum Gasteiger partial charge on any atom is -0.444 e. The first kappa shape index (κ1) is 24.0. The molecular weight excluding hydrogens is 404 g/mol. The number of ether oxygens (including phenoxy) is 1. The van der Waals surface area contributed by atoms with Crippen LogP contribution in [0.4, 0.5) is 4.79 Å². The fourth-order valence-electron chi connectivity index (χ4n) is 4.21. The summed E-state index contributed by atoms with van der Waals surface area (Å²) in [6.45, 7) is 8.96. The van der Waals surface area contributed by atoms with E-state index >= 15 is 0 Å². The number of hydrogen-bond acceptors (Lipinski definition) is 5. The molecule has 1 aliphatic rings. The van der Waals surface area contributed by atoms with Gasteiger partial charge in [-0.05, 0) is 64.1 Å². The van der Waals surface area contributed by atoms with E-state index < -0.39 is 5.60 Å². The van der Waals surface area contributed by atoms with Gasteiger partial charge in [-0.15, -0.1) is 0 Å². The molecular formula is C25H36N4O3. The molecule has 0 spiro atoms. The maximum absolute atomic E-state index is 12.5. The van der Waals surface area contributed by atoms with Crippen LogP contribution >= 0.6 is 0 Å². The number of rotatable bonds is 7. The Morgan fingerprint density at radius 1 is 1.25 bits per heavy atom. The fourth-order valence-corrected chi connectivity index (χ4v) is 4.21. The van der Waals surface area contributed by atoms with Crippen LogP contribution in [0.25, 0.3) is 10.9 Å². The molecule has 1 aromatic heterocycles. The lowest BCUT2D eigenvalue weighted by Gasteiger charge is -2.34. The van der Waals surface area contributed by atoms with Crippen LogP contribution in [-0.4, -0.2) is 72.2 Å². The van der Waals surface area contributed by atoms with E-state index in [2.05, 4.69) is 33.4 Å². The Hall–Kier alpha value is -2.67. The third-order valence-corrected chi connectivity index (χ3v) is 5.64. The zero-order valence-electron chi connectivity index (χ0n) is 19.8. The monoisotopic (exact) mass is 440 g/mol. The Kier molecular flexibility index (Phi) is 8.07. The number of nitrogens with one attached hydrogen (secondary N) is 1. The van der Waals surface area contributed by atoms with E-state index in [1.807, 2.05) is 32.9 Å². The van der Waals surface area contributed by atoms with Crippen molar-refractivity contribution in [2.75, 3.05) is 39.8 Å². The van der Waals surface area contributed by atoms with E-state index in [1.165, 1.54) is 0 Å². The number of carbonyl (C=O) groups is 2. The predicted octanol–water partition coefficient (Wildman–Crippen LogP) is 3.47. The van der Waals surface area contributed by atoms with E-state index in [0.29, 0.717) is 25.6 Å². The van der Waals surface area contributed by atoms with E-state index in [4.69, 9.17) is 4.74 Å². The number of aromatic nitrogens is 1. The Morgan fingerprint density at radius 2 is 2.03 bits per heavy atom. The lowest BCUT2D eigenvalue weighted by molar-refractivity contribution is -0.122. The van der Waals surface area contributed by atoms with Crippen LogP contribution in [0, 0.1) is 5.92 Å². The zero-order valence-corrected chi connectivity index (χ0v) is 19.8. The van der Waals surface area contributed by atoms with Gasteiger partial charge >= 0.3 is 6.09 Å². The lowest BCUT2D eigenvalue weighted by atomic mass is 9.97. The van der Waals surface area contributed by atoms with Gasteiger partial charge in [0.05, 0.1) is 12.1 Å². The zero-order chi connectivity index (χ0) is 23.1. The van der Waals surface area contributed by atoms with Crippen LogP contribution in [0.15, 0.2) is 36.5 Å². The van der Waals surface area contributed by atoms with Crippen LogP contribution in [-0.2, 0) is 16.0 Å². The highest BCUT2D eigenvalue weighted by Gasteiger charge is 2.26. The van der Waals surface area contributed by atoms with Crippen LogP contribution in [0.1, 0.15) is 39.2 Å². The summed E-state index contributed by atoms with van der Waals surface area (Å²) in [5, 5.41) is 4.17. The van der Waals surface area contributed by atoms with Crippen molar-refractivity contribution in [3.05, 3.63) is 42.1 Å². The summed E-state index contributed by atoms with van der Waals surface area (Å²) in [6.07, 6.45) is 4.34. The number of pyridine rings is 1. The van der Waals surface area contributed by atoms with Crippen LogP contribution in [0.5, 0.6) is 0 Å². The number of likely N-dealkylation sites (tertiary alicyclic amines) is 1. The lowest BCUT2D eigenvalue weighted by Crippen LogP contribution is -2.46. The molecule has 7 heteroatoms. The van der Waals surface area contributed by atoms with Crippen molar-refractivity contribution in [2.24, 2.45) is 5.92 Å². The highest BCUT2D eigenvalue weighted by Crippen LogP contribution is 2.19. The molecule has 1 atom stereocenters. The number of benzene rings is 1. The first-order chi connectivity index (χ1) is 15.2. The van der Waals surface area contributed by atoms with E-state index in [9.17, 15) is 9.59 Å². The first-order valence-corrected chi connectivity index (χ1v) is 11.5. The molecule has 1 unspecified atom stereocenters. The summed E-state index contributed by atoms with van der Waals surface area (Å²) in [5.74, 6) is 0.384.